The van der Waals surface area contributed by atoms with Crippen molar-refractivity contribution in [1.82, 2.24) is 5.32 Å². The number of benzene rings is 1. The van der Waals surface area contributed by atoms with Gasteiger partial charge in [-0.2, -0.15) is 0 Å². The van der Waals surface area contributed by atoms with Crippen LogP contribution in [-0.2, 0) is 0 Å². The first kappa shape index (κ1) is 18.3. The van der Waals surface area contributed by atoms with Crippen LogP contribution < -0.4 is 20.5 Å². The summed E-state index contributed by atoms with van der Waals surface area (Å²) >= 11 is 0. The molecule has 3 N–H and O–H groups in total. The molecule has 0 heterocycles. The summed E-state index contributed by atoms with van der Waals surface area (Å²) in [5.74, 6) is 1.52. The number of hydrogen-bond donors (Lipinski definition) is 2. The highest BCUT2D eigenvalue weighted by molar-refractivity contribution is 5.95. The highest BCUT2D eigenvalue weighted by atomic mass is 16.5. The third kappa shape index (κ3) is 4.37. The Morgan fingerprint density at radius 1 is 1.27 bits per heavy atom. The maximum Gasteiger partial charge on any atom is 0.252 e. The van der Waals surface area contributed by atoms with Crippen molar-refractivity contribution in [2.24, 2.45) is 11.7 Å². The average molecular weight is 308 g/mol. The number of rotatable bonds is 7. The van der Waals surface area contributed by atoms with Gasteiger partial charge in [-0.25, -0.2) is 0 Å². The number of methoxy groups -OCH3 is 2. The largest absolute Gasteiger partial charge is 0.496 e. The van der Waals surface area contributed by atoms with Crippen LogP contribution in [0.5, 0.6) is 11.5 Å². The predicted molar refractivity (Wildman–Crippen MR) is 88.7 cm³/mol. The van der Waals surface area contributed by atoms with Gasteiger partial charge in [0.2, 0.25) is 0 Å². The second kappa shape index (κ2) is 7.49. The molecule has 0 bridgehead atoms. The molecule has 5 nitrogen and oxygen atoms in total. The zero-order chi connectivity index (χ0) is 16.9. The number of ether oxygens (including phenoxy) is 2. The minimum Gasteiger partial charge on any atom is -0.496 e. The minimum atomic E-state index is -0.434. The Labute approximate surface area is 133 Å². The summed E-state index contributed by atoms with van der Waals surface area (Å²) in [6, 6.07) is 3.44. The van der Waals surface area contributed by atoms with Crippen molar-refractivity contribution in [2.45, 2.75) is 39.7 Å². The molecule has 1 unspecified atom stereocenters. The first-order valence-corrected chi connectivity index (χ1v) is 7.51. The first-order valence-electron chi connectivity index (χ1n) is 7.51. The lowest BCUT2D eigenvalue weighted by Gasteiger charge is -2.31. The van der Waals surface area contributed by atoms with Crippen molar-refractivity contribution in [1.29, 1.82) is 0 Å². The Morgan fingerprint density at radius 2 is 1.77 bits per heavy atom. The molecular formula is C17H28N2O3. The van der Waals surface area contributed by atoms with Crippen LogP contribution in [0.4, 0.5) is 0 Å². The number of nitrogens with one attached hydrogen (secondary N) is 1. The molecular weight excluding hydrogens is 280 g/mol. The Morgan fingerprint density at radius 3 is 2.14 bits per heavy atom. The number of hydrogen-bond acceptors (Lipinski definition) is 4. The smallest absolute Gasteiger partial charge is 0.252 e. The van der Waals surface area contributed by atoms with Crippen LogP contribution in [0.2, 0.25) is 0 Å². The highest BCUT2D eigenvalue weighted by Gasteiger charge is 2.27. The van der Waals surface area contributed by atoms with Crippen LogP contribution in [0, 0.1) is 12.8 Å². The Hall–Kier alpha value is -1.75. The molecule has 0 spiro atoms. The average Bonchev–Trinajstić information content (AvgIpc) is 2.46. The number of carbonyl (C=O) groups is 1. The zero-order valence-electron chi connectivity index (χ0n) is 14.4. The van der Waals surface area contributed by atoms with Crippen LogP contribution in [0.25, 0.3) is 0 Å². The second-order valence-corrected chi connectivity index (χ2v) is 6.32. The standard InChI is InChI=1S/C17H28N2O3/c1-11(2)9-17(4,10-18)19-16(20)13-7-14(21-5)12(3)15(8-13)22-6/h7-8,11H,9-10,18H2,1-6H3,(H,19,20). The van der Waals surface area contributed by atoms with Gasteiger partial charge in [0.15, 0.2) is 0 Å². The molecule has 1 amide bonds. The van der Waals surface area contributed by atoms with Crippen molar-refractivity contribution in [3.05, 3.63) is 23.3 Å². The lowest BCUT2D eigenvalue weighted by Crippen LogP contribution is -2.52. The van der Waals surface area contributed by atoms with Crippen molar-refractivity contribution in [3.8, 4) is 11.5 Å². The van der Waals surface area contributed by atoms with E-state index in [-0.39, 0.29) is 5.91 Å². The van der Waals surface area contributed by atoms with Crippen LogP contribution >= 0.6 is 0 Å². The third-order valence-electron chi connectivity index (χ3n) is 3.74. The summed E-state index contributed by atoms with van der Waals surface area (Å²) in [6.45, 7) is 8.46. The summed E-state index contributed by atoms with van der Waals surface area (Å²) < 4.78 is 10.6. The van der Waals surface area contributed by atoms with E-state index in [0.29, 0.717) is 29.5 Å². The van der Waals surface area contributed by atoms with Crippen LogP contribution in [0.15, 0.2) is 12.1 Å². The quantitative estimate of drug-likeness (QED) is 0.811. The van der Waals surface area contributed by atoms with E-state index in [9.17, 15) is 4.79 Å². The van der Waals surface area contributed by atoms with E-state index >= 15 is 0 Å². The number of nitrogens with two attached hydrogens (primary N) is 1. The van der Waals surface area contributed by atoms with Gasteiger partial charge >= 0.3 is 0 Å². The van der Waals surface area contributed by atoms with Crippen LogP contribution in [0.1, 0.15) is 43.1 Å². The molecule has 0 fully saturated rings. The van der Waals surface area contributed by atoms with E-state index in [1.165, 1.54) is 0 Å². The molecule has 1 aromatic carbocycles. The van der Waals surface area contributed by atoms with Crippen LogP contribution in [-0.4, -0.2) is 32.2 Å². The van der Waals surface area contributed by atoms with Gasteiger partial charge in [-0.3, -0.25) is 4.79 Å². The Balaban J connectivity index is 3.07. The second-order valence-electron chi connectivity index (χ2n) is 6.32. The van der Waals surface area contributed by atoms with Gasteiger partial charge in [-0.05, 0) is 38.3 Å². The van der Waals surface area contributed by atoms with E-state index in [4.69, 9.17) is 15.2 Å². The topological polar surface area (TPSA) is 73.6 Å². The van der Waals surface area contributed by atoms with Crippen LogP contribution in [0.3, 0.4) is 0 Å². The van der Waals surface area contributed by atoms with E-state index in [1.54, 1.807) is 26.4 Å². The SMILES string of the molecule is COc1cc(C(=O)NC(C)(CN)CC(C)C)cc(OC)c1C. The molecule has 1 aromatic rings. The highest BCUT2D eigenvalue weighted by Crippen LogP contribution is 2.29. The van der Waals surface area contributed by atoms with Crippen molar-refractivity contribution >= 4 is 5.91 Å². The van der Waals surface area contributed by atoms with Gasteiger partial charge in [0.25, 0.3) is 5.91 Å². The van der Waals surface area contributed by atoms with Crippen molar-refractivity contribution in [2.75, 3.05) is 20.8 Å². The fraction of sp³-hybridized carbons (Fsp3) is 0.588. The predicted octanol–water partition coefficient (Wildman–Crippen LogP) is 2.51. The number of amides is 1. The third-order valence-corrected chi connectivity index (χ3v) is 3.74. The fourth-order valence-corrected chi connectivity index (χ4v) is 2.65. The Bertz CT molecular complexity index is 504. The molecule has 0 aliphatic rings. The molecule has 0 aliphatic heterocycles. The van der Waals surface area contributed by atoms with Gasteiger partial charge in [0.1, 0.15) is 11.5 Å². The van der Waals surface area contributed by atoms with E-state index in [2.05, 4.69) is 19.2 Å². The normalized spacial score (nSPS) is 13.6. The monoisotopic (exact) mass is 308 g/mol. The molecule has 0 aliphatic carbocycles. The molecule has 1 rings (SSSR count). The summed E-state index contributed by atoms with van der Waals surface area (Å²) in [6.07, 6.45) is 0.815. The molecule has 5 heteroatoms. The maximum atomic E-state index is 12.6. The fourth-order valence-electron chi connectivity index (χ4n) is 2.65. The summed E-state index contributed by atoms with van der Waals surface area (Å²) in [4.78, 5) is 12.6. The Kier molecular flexibility index (Phi) is 6.23. The summed E-state index contributed by atoms with van der Waals surface area (Å²) in [7, 11) is 3.15. The van der Waals surface area contributed by atoms with Gasteiger partial charge in [-0.1, -0.05) is 13.8 Å². The first-order chi connectivity index (χ1) is 10.3. The minimum absolute atomic E-state index is 0.176. The van der Waals surface area contributed by atoms with Gasteiger partial charge in [0, 0.05) is 23.2 Å². The summed E-state index contributed by atoms with van der Waals surface area (Å²) in [5.41, 5.74) is 6.79. The summed E-state index contributed by atoms with van der Waals surface area (Å²) in [5, 5.41) is 3.04. The molecule has 0 saturated heterocycles. The van der Waals surface area contributed by atoms with Gasteiger partial charge < -0.3 is 20.5 Å². The van der Waals surface area contributed by atoms with Crippen molar-refractivity contribution in [3.63, 3.8) is 0 Å². The molecule has 0 aromatic heterocycles. The van der Waals surface area contributed by atoms with E-state index < -0.39 is 5.54 Å². The molecule has 22 heavy (non-hydrogen) atoms. The molecule has 0 radical (unpaired) electrons. The molecule has 1 atom stereocenters. The lowest BCUT2D eigenvalue weighted by molar-refractivity contribution is 0.0897. The lowest BCUT2D eigenvalue weighted by atomic mass is 9.90. The van der Waals surface area contributed by atoms with Gasteiger partial charge in [0.05, 0.1) is 14.2 Å². The van der Waals surface area contributed by atoms with E-state index in [1.807, 2.05) is 13.8 Å². The van der Waals surface area contributed by atoms with E-state index in [0.717, 1.165) is 12.0 Å². The molecule has 0 saturated carbocycles. The zero-order valence-corrected chi connectivity index (χ0v) is 14.4. The van der Waals surface area contributed by atoms with Crippen molar-refractivity contribution < 1.29 is 14.3 Å². The maximum absolute atomic E-state index is 12.6. The number of carbonyl (C=O) groups excluding carboxylic acids is 1. The molecule has 124 valence electrons. The van der Waals surface area contributed by atoms with Gasteiger partial charge in [-0.15, -0.1) is 0 Å².